The molecule has 56 valence electrons. The molecule has 0 bridgehead atoms. The summed E-state index contributed by atoms with van der Waals surface area (Å²) in [7, 11) is 1.45. The molecule has 1 amide bonds. The predicted molar refractivity (Wildman–Crippen MR) is 35.5 cm³/mol. The maximum Gasteiger partial charge on any atom is 0.328 e. The maximum atomic E-state index is 10.6. The molecule has 0 saturated heterocycles. The average Bonchev–Trinajstić information content (AvgIpc) is 1.85. The lowest BCUT2D eigenvalue weighted by Crippen LogP contribution is -2.19. The van der Waals surface area contributed by atoms with E-state index in [2.05, 4.69) is 5.32 Å². The highest BCUT2D eigenvalue weighted by atomic mass is 16.4. The molecule has 0 aliphatic carbocycles. The second kappa shape index (κ2) is 3.66. The van der Waals surface area contributed by atoms with Gasteiger partial charge in [0.15, 0.2) is 0 Å². The molecule has 0 aromatic carbocycles. The molecule has 4 nitrogen and oxygen atoms in total. The first-order valence-electron chi connectivity index (χ1n) is 2.71. The van der Waals surface area contributed by atoms with Crippen molar-refractivity contribution in [2.75, 3.05) is 7.05 Å². The van der Waals surface area contributed by atoms with Crippen molar-refractivity contribution < 1.29 is 14.7 Å². The van der Waals surface area contributed by atoms with Crippen LogP contribution in [0.1, 0.15) is 6.92 Å². The highest BCUT2D eigenvalue weighted by molar-refractivity contribution is 5.98. The van der Waals surface area contributed by atoms with E-state index >= 15 is 0 Å². The smallest absolute Gasteiger partial charge is 0.328 e. The lowest BCUT2D eigenvalue weighted by Gasteiger charge is -1.95. The van der Waals surface area contributed by atoms with E-state index in [9.17, 15) is 9.59 Å². The number of amides is 1. The SMILES string of the molecule is CNC(=O)/C(C)=C\C(=O)O. The monoisotopic (exact) mass is 143 g/mol. The summed E-state index contributed by atoms with van der Waals surface area (Å²) in [6.45, 7) is 1.44. The summed E-state index contributed by atoms with van der Waals surface area (Å²) in [5.41, 5.74) is 0.190. The largest absolute Gasteiger partial charge is 0.478 e. The minimum Gasteiger partial charge on any atom is -0.478 e. The van der Waals surface area contributed by atoms with Gasteiger partial charge in [-0.25, -0.2) is 4.79 Å². The Balaban J connectivity index is 4.19. The topological polar surface area (TPSA) is 66.4 Å². The molecule has 2 N–H and O–H groups in total. The van der Waals surface area contributed by atoms with Gasteiger partial charge in [-0.15, -0.1) is 0 Å². The van der Waals surface area contributed by atoms with Gasteiger partial charge in [0, 0.05) is 18.7 Å². The Labute approximate surface area is 58.5 Å². The summed E-state index contributed by atoms with van der Waals surface area (Å²) in [6, 6.07) is 0. The first-order valence-corrected chi connectivity index (χ1v) is 2.71. The summed E-state index contributed by atoms with van der Waals surface area (Å²) in [6.07, 6.45) is 0.860. The highest BCUT2D eigenvalue weighted by Crippen LogP contribution is 1.89. The first kappa shape index (κ1) is 8.68. The average molecular weight is 143 g/mol. The van der Waals surface area contributed by atoms with Crippen LogP contribution >= 0.6 is 0 Å². The zero-order valence-electron chi connectivity index (χ0n) is 5.84. The molecule has 0 rings (SSSR count). The second-order valence-corrected chi connectivity index (χ2v) is 1.74. The van der Waals surface area contributed by atoms with Gasteiger partial charge in [-0.1, -0.05) is 0 Å². The van der Waals surface area contributed by atoms with Gasteiger partial charge in [-0.05, 0) is 6.92 Å². The van der Waals surface area contributed by atoms with Crippen molar-refractivity contribution >= 4 is 11.9 Å². The number of aliphatic carboxylic acids is 1. The van der Waals surface area contributed by atoms with Gasteiger partial charge >= 0.3 is 5.97 Å². The Morgan fingerprint density at radius 1 is 1.50 bits per heavy atom. The van der Waals surface area contributed by atoms with Crippen molar-refractivity contribution in [1.29, 1.82) is 0 Å². The van der Waals surface area contributed by atoms with E-state index in [1.807, 2.05) is 0 Å². The minimum atomic E-state index is -1.11. The van der Waals surface area contributed by atoms with E-state index in [1.54, 1.807) is 0 Å². The Morgan fingerprint density at radius 2 is 2.00 bits per heavy atom. The van der Waals surface area contributed by atoms with Crippen molar-refractivity contribution in [3.8, 4) is 0 Å². The van der Waals surface area contributed by atoms with Gasteiger partial charge in [-0.2, -0.15) is 0 Å². The highest BCUT2D eigenvalue weighted by Gasteiger charge is 2.01. The van der Waals surface area contributed by atoms with Crippen LogP contribution in [-0.4, -0.2) is 24.0 Å². The quantitative estimate of drug-likeness (QED) is 0.524. The van der Waals surface area contributed by atoms with E-state index < -0.39 is 5.97 Å². The number of carboxylic acids is 1. The molecule has 0 aromatic heterocycles. The number of carbonyl (C=O) groups is 2. The van der Waals surface area contributed by atoms with Crippen LogP contribution < -0.4 is 5.32 Å². The van der Waals surface area contributed by atoms with Crippen LogP contribution in [0.15, 0.2) is 11.6 Å². The van der Waals surface area contributed by atoms with Crippen LogP contribution in [-0.2, 0) is 9.59 Å². The van der Waals surface area contributed by atoms with Gasteiger partial charge in [-0.3, -0.25) is 4.79 Å². The fourth-order valence-electron chi connectivity index (χ4n) is 0.448. The van der Waals surface area contributed by atoms with Crippen molar-refractivity contribution in [1.82, 2.24) is 5.32 Å². The molecular formula is C6H9NO3. The molecule has 0 heterocycles. The molecule has 0 aliphatic heterocycles. The van der Waals surface area contributed by atoms with Crippen LogP contribution in [0.2, 0.25) is 0 Å². The number of carbonyl (C=O) groups excluding carboxylic acids is 1. The van der Waals surface area contributed by atoms with E-state index in [0.29, 0.717) is 0 Å². The molecule has 0 saturated carbocycles. The standard InChI is InChI=1S/C6H9NO3/c1-4(3-5(8)9)6(10)7-2/h3H,1-2H3,(H,7,10)(H,8,9)/b4-3-. The Hall–Kier alpha value is -1.32. The van der Waals surface area contributed by atoms with E-state index in [4.69, 9.17) is 5.11 Å². The zero-order chi connectivity index (χ0) is 8.15. The van der Waals surface area contributed by atoms with Gasteiger partial charge in [0.05, 0.1) is 0 Å². The van der Waals surface area contributed by atoms with Gasteiger partial charge in [0.2, 0.25) is 5.91 Å². The van der Waals surface area contributed by atoms with Crippen LogP contribution in [0.25, 0.3) is 0 Å². The van der Waals surface area contributed by atoms with Crippen molar-refractivity contribution in [2.45, 2.75) is 6.92 Å². The summed E-state index contributed by atoms with van der Waals surface area (Å²) in [5.74, 6) is -1.48. The maximum absolute atomic E-state index is 10.6. The fourth-order valence-corrected chi connectivity index (χ4v) is 0.448. The van der Waals surface area contributed by atoms with E-state index in [1.165, 1.54) is 14.0 Å². The number of hydrogen-bond acceptors (Lipinski definition) is 2. The summed E-state index contributed by atoms with van der Waals surface area (Å²) < 4.78 is 0. The Morgan fingerprint density at radius 3 is 2.30 bits per heavy atom. The van der Waals surface area contributed by atoms with Gasteiger partial charge in [0.1, 0.15) is 0 Å². The molecule has 0 atom stereocenters. The molecule has 4 heteroatoms. The Bertz CT molecular complexity index is 183. The van der Waals surface area contributed by atoms with Crippen LogP contribution in [0, 0.1) is 0 Å². The number of likely N-dealkylation sites (N-methyl/N-ethyl adjacent to an activating group) is 1. The number of nitrogens with one attached hydrogen (secondary N) is 1. The third kappa shape index (κ3) is 2.86. The lowest BCUT2D eigenvalue weighted by atomic mass is 10.3. The normalized spacial score (nSPS) is 10.8. The van der Waals surface area contributed by atoms with E-state index in [-0.39, 0.29) is 11.5 Å². The second-order valence-electron chi connectivity index (χ2n) is 1.74. The van der Waals surface area contributed by atoms with Gasteiger partial charge < -0.3 is 10.4 Å². The number of hydrogen-bond donors (Lipinski definition) is 2. The minimum absolute atomic E-state index is 0.190. The summed E-state index contributed by atoms with van der Waals surface area (Å²) in [4.78, 5) is 20.6. The van der Waals surface area contributed by atoms with Gasteiger partial charge in [0.25, 0.3) is 0 Å². The van der Waals surface area contributed by atoms with Crippen LogP contribution in [0.3, 0.4) is 0 Å². The van der Waals surface area contributed by atoms with Crippen molar-refractivity contribution in [3.05, 3.63) is 11.6 Å². The first-order chi connectivity index (χ1) is 4.57. The lowest BCUT2D eigenvalue weighted by molar-refractivity contribution is -0.131. The molecule has 0 spiro atoms. The molecule has 0 fully saturated rings. The molecule has 0 aromatic rings. The fraction of sp³-hybridized carbons (Fsp3) is 0.333. The third-order valence-corrected chi connectivity index (χ3v) is 0.925. The molecular weight excluding hydrogens is 134 g/mol. The number of rotatable bonds is 2. The van der Waals surface area contributed by atoms with Crippen LogP contribution in [0.4, 0.5) is 0 Å². The molecule has 10 heavy (non-hydrogen) atoms. The summed E-state index contributed by atoms with van der Waals surface area (Å²) >= 11 is 0. The number of carboxylic acid groups (broad SMARTS) is 1. The van der Waals surface area contributed by atoms with Crippen molar-refractivity contribution in [3.63, 3.8) is 0 Å². The Kier molecular flexibility index (Phi) is 3.17. The predicted octanol–water partition coefficient (Wildman–Crippen LogP) is -0.237. The summed E-state index contributed by atoms with van der Waals surface area (Å²) in [5, 5.41) is 10.5. The molecule has 0 aliphatic rings. The molecule has 0 radical (unpaired) electrons. The third-order valence-electron chi connectivity index (χ3n) is 0.925. The van der Waals surface area contributed by atoms with E-state index in [0.717, 1.165) is 6.08 Å². The van der Waals surface area contributed by atoms with Crippen molar-refractivity contribution in [2.24, 2.45) is 0 Å². The molecule has 0 unspecified atom stereocenters. The zero-order valence-corrected chi connectivity index (χ0v) is 5.84. The van der Waals surface area contributed by atoms with Crippen LogP contribution in [0.5, 0.6) is 0 Å².